The number of benzene rings is 1. The van der Waals surface area contributed by atoms with Gasteiger partial charge in [0.05, 0.1) is 0 Å². The number of halogens is 1. The Labute approximate surface area is 107 Å². The van der Waals surface area contributed by atoms with E-state index in [-0.39, 0.29) is 12.2 Å². The molecule has 2 aromatic rings. The second-order valence-corrected chi connectivity index (χ2v) is 4.69. The first-order chi connectivity index (χ1) is 8.56. The second kappa shape index (κ2) is 5.22. The van der Waals surface area contributed by atoms with E-state index in [1.54, 1.807) is 19.1 Å². The molecule has 1 atom stereocenters. The van der Waals surface area contributed by atoms with E-state index in [0.29, 0.717) is 16.4 Å². The number of nitrogens with zero attached hydrogens (tertiary/aromatic N) is 2. The number of aliphatic carboxylic acids is 1. The van der Waals surface area contributed by atoms with Crippen LogP contribution in [0.3, 0.4) is 0 Å². The summed E-state index contributed by atoms with van der Waals surface area (Å²) in [7, 11) is 0. The normalized spacial score (nSPS) is 12.3. The van der Waals surface area contributed by atoms with Gasteiger partial charge in [-0.3, -0.25) is 4.79 Å². The zero-order valence-electron chi connectivity index (χ0n) is 9.63. The summed E-state index contributed by atoms with van der Waals surface area (Å²) in [5, 5.41) is 9.66. The highest BCUT2D eigenvalue weighted by Gasteiger charge is 2.24. The highest BCUT2D eigenvalue weighted by molar-refractivity contribution is 7.05. The van der Waals surface area contributed by atoms with Crippen molar-refractivity contribution < 1.29 is 14.3 Å². The second-order valence-electron chi connectivity index (χ2n) is 3.90. The van der Waals surface area contributed by atoms with Crippen molar-refractivity contribution in [2.75, 3.05) is 0 Å². The summed E-state index contributed by atoms with van der Waals surface area (Å²) in [5.41, 5.74) is 0.634. The van der Waals surface area contributed by atoms with Crippen molar-refractivity contribution in [2.45, 2.75) is 19.3 Å². The molecule has 0 fully saturated rings. The first-order valence-electron chi connectivity index (χ1n) is 5.33. The molecule has 0 saturated carbocycles. The minimum Gasteiger partial charge on any atom is -0.481 e. The predicted octanol–water partition coefficient (Wildman–Crippen LogP) is 2.40. The van der Waals surface area contributed by atoms with Crippen LogP contribution in [0.2, 0.25) is 0 Å². The van der Waals surface area contributed by atoms with Crippen LogP contribution in [0.25, 0.3) is 0 Å². The topological polar surface area (TPSA) is 63.1 Å². The zero-order chi connectivity index (χ0) is 13.1. The van der Waals surface area contributed by atoms with Crippen LogP contribution in [0.15, 0.2) is 24.3 Å². The highest BCUT2D eigenvalue weighted by Crippen LogP contribution is 2.23. The maximum absolute atomic E-state index is 13.1. The van der Waals surface area contributed by atoms with Crippen molar-refractivity contribution in [3.05, 3.63) is 46.5 Å². The van der Waals surface area contributed by atoms with E-state index in [1.807, 2.05) is 0 Å². The molecule has 1 heterocycles. The summed E-state index contributed by atoms with van der Waals surface area (Å²) >= 11 is 1.07. The smallest absolute Gasteiger partial charge is 0.313 e. The van der Waals surface area contributed by atoms with Gasteiger partial charge in [0.15, 0.2) is 0 Å². The lowest BCUT2D eigenvalue weighted by atomic mass is 10.00. The minimum atomic E-state index is -0.976. The van der Waals surface area contributed by atoms with Gasteiger partial charge in [-0.1, -0.05) is 12.1 Å². The quantitative estimate of drug-likeness (QED) is 0.923. The predicted molar refractivity (Wildman–Crippen MR) is 65.1 cm³/mol. The van der Waals surface area contributed by atoms with Gasteiger partial charge in [0.25, 0.3) is 0 Å². The third-order valence-electron chi connectivity index (χ3n) is 2.47. The third-order valence-corrected chi connectivity index (χ3v) is 3.39. The molecule has 0 bridgehead atoms. The van der Waals surface area contributed by atoms with E-state index < -0.39 is 11.9 Å². The molecule has 4 nitrogen and oxygen atoms in total. The lowest BCUT2D eigenvalue weighted by Crippen LogP contribution is -2.14. The van der Waals surface area contributed by atoms with Crippen LogP contribution in [0.4, 0.5) is 4.39 Å². The van der Waals surface area contributed by atoms with Crippen LogP contribution in [-0.4, -0.2) is 20.4 Å². The van der Waals surface area contributed by atoms with Crippen LogP contribution < -0.4 is 0 Å². The van der Waals surface area contributed by atoms with Crippen LogP contribution in [0, 0.1) is 12.7 Å². The van der Waals surface area contributed by atoms with E-state index in [2.05, 4.69) is 9.36 Å². The van der Waals surface area contributed by atoms with E-state index >= 15 is 0 Å². The Morgan fingerprint density at radius 2 is 2.33 bits per heavy atom. The van der Waals surface area contributed by atoms with Crippen LogP contribution >= 0.6 is 11.5 Å². The van der Waals surface area contributed by atoms with Crippen molar-refractivity contribution in [1.29, 1.82) is 0 Å². The fraction of sp³-hybridized carbons (Fsp3) is 0.250. The number of hydrogen-bond donors (Lipinski definition) is 1. The summed E-state index contributed by atoms with van der Waals surface area (Å²) in [6, 6.07) is 5.93. The molecule has 6 heteroatoms. The van der Waals surface area contributed by atoms with Gasteiger partial charge in [-0.25, -0.2) is 9.37 Å². The fourth-order valence-electron chi connectivity index (χ4n) is 1.63. The van der Waals surface area contributed by atoms with Gasteiger partial charge in [-0.05, 0) is 42.6 Å². The number of hydrogen-bond acceptors (Lipinski definition) is 4. The SMILES string of the molecule is Cc1nsc(C(Cc2cccc(F)c2)C(=O)O)n1. The molecule has 0 aliphatic carbocycles. The number of aromatic nitrogens is 2. The van der Waals surface area contributed by atoms with Gasteiger partial charge >= 0.3 is 5.97 Å². The van der Waals surface area contributed by atoms with E-state index in [4.69, 9.17) is 0 Å². The van der Waals surface area contributed by atoms with Gasteiger partial charge in [-0.15, -0.1) is 0 Å². The van der Waals surface area contributed by atoms with Gasteiger partial charge in [0.2, 0.25) is 0 Å². The van der Waals surface area contributed by atoms with Crippen molar-refractivity contribution in [3.8, 4) is 0 Å². The molecular formula is C12H11FN2O2S. The molecule has 0 amide bonds. The fourth-order valence-corrected chi connectivity index (χ4v) is 2.39. The third kappa shape index (κ3) is 2.89. The molecule has 1 N–H and O–H groups in total. The Morgan fingerprint density at radius 1 is 1.56 bits per heavy atom. The molecule has 0 radical (unpaired) electrons. The van der Waals surface area contributed by atoms with Crippen molar-refractivity contribution in [2.24, 2.45) is 0 Å². The largest absolute Gasteiger partial charge is 0.481 e. The molecule has 0 saturated heterocycles. The number of aryl methyl sites for hydroxylation is 1. The summed E-state index contributed by atoms with van der Waals surface area (Å²) < 4.78 is 17.0. The number of carboxylic acids is 1. The molecule has 2 rings (SSSR count). The summed E-state index contributed by atoms with van der Waals surface area (Å²) in [6.07, 6.45) is 0.210. The minimum absolute atomic E-state index is 0.210. The first kappa shape index (κ1) is 12.6. The molecule has 0 spiro atoms. The van der Waals surface area contributed by atoms with Crippen LogP contribution in [0.5, 0.6) is 0 Å². The Morgan fingerprint density at radius 3 is 2.89 bits per heavy atom. The molecule has 1 unspecified atom stereocenters. The van der Waals surface area contributed by atoms with E-state index in [1.165, 1.54) is 12.1 Å². The average Bonchev–Trinajstić information content (AvgIpc) is 2.72. The van der Waals surface area contributed by atoms with Gasteiger partial charge in [0.1, 0.15) is 22.6 Å². The van der Waals surface area contributed by atoms with Crippen molar-refractivity contribution in [1.82, 2.24) is 9.36 Å². The highest BCUT2D eigenvalue weighted by atomic mass is 32.1. The van der Waals surface area contributed by atoms with Crippen molar-refractivity contribution >= 4 is 17.5 Å². The van der Waals surface area contributed by atoms with E-state index in [0.717, 1.165) is 11.5 Å². The average molecular weight is 266 g/mol. The van der Waals surface area contributed by atoms with Gasteiger partial charge in [0, 0.05) is 0 Å². The van der Waals surface area contributed by atoms with Crippen LogP contribution in [0.1, 0.15) is 22.3 Å². The van der Waals surface area contributed by atoms with Gasteiger partial charge < -0.3 is 5.11 Å². The van der Waals surface area contributed by atoms with Crippen molar-refractivity contribution in [3.63, 3.8) is 0 Å². The molecule has 0 aliphatic heterocycles. The summed E-state index contributed by atoms with van der Waals surface area (Å²) in [6.45, 7) is 1.71. The molecule has 0 aliphatic rings. The zero-order valence-corrected chi connectivity index (χ0v) is 10.4. The monoisotopic (exact) mass is 266 g/mol. The standard InChI is InChI=1S/C12H11FN2O2S/c1-7-14-11(18-15-7)10(12(16)17)6-8-3-2-4-9(13)5-8/h2-5,10H,6H2,1H3,(H,16,17). The molecule has 1 aromatic heterocycles. The summed E-state index contributed by atoms with van der Waals surface area (Å²) in [4.78, 5) is 15.3. The Hall–Kier alpha value is -1.82. The lowest BCUT2D eigenvalue weighted by Gasteiger charge is -2.08. The first-order valence-corrected chi connectivity index (χ1v) is 6.11. The summed E-state index contributed by atoms with van der Waals surface area (Å²) in [5.74, 6) is -1.57. The molecule has 1 aromatic carbocycles. The Kier molecular flexibility index (Phi) is 3.66. The molecule has 94 valence electrons. The Balaban J connectivity index is 2.24. The lowest BCUT2D eigenvalue weighted by molar-refractivity contribution is -0.138. The van der Waals surface area contributed by atoms with Crippen LogP contribution in [-0.2, 0) is 11.2 Å². The van der Waals surface area contributed by atoms with E-state index in [9.17, 15) is 14.3 Å². The molecule has 18 heavy (non-hydrogen) atoms. The molecular weight excluding hydrogens is 255 g/mol. The number of rotatable bonds is 4. The number of carboxylic acid groups (broad SMARTS) is 1. The maximum atomic E-state index is 13.1. The number of carbonyl (C=O) groups is 1. The maximum Gasteiger partial charge on any atom is 0.313 e. The Bertz CT molecular complexity index is 571. The van der Waals surface area contributed by atoms with Gasteiger partial charge in [-0.2, -0.15) is 4.37 Å².